The second-order valence-electron chi connectivity index (χ2n) is 6.15. The fraction of sp³-hybridized carbons (Fsp3) is 0.211. The fourth-order valence-electron chi connectivity index (χ4n) is 2.66. The summed E-state index contributed by atoms with van der Waals surface area (Å²) < 4.78 is 5.18. The molecule has 0 saturated heterocycles. The second kappa shape index (κ2) is 9.31. The number of benzene rings is 2. The third kappa shape index (κ3) is 5.76. The summed E-state index contributed by atoms with van der Waals surface area (Å²) >= 11 is 0. The zero-order valence-electron chi connectivity index (χ0n) is 15.8. The Morgan fingerprint density at radius 3 is 2.52 bits per heavy atom. The molecule has 0 spiro atoms. The molecule has 0 bridgehead atoms. The lowest BCUT2D eigenvalue weighted by molar-refractivity contribution is -0.384. The summed E-state index contributed by atoms with van der Waals surface area (Å²) in [6.07, 6.45) is -0.0999. The van der Waals surface area contributed by atoms with Crippen LogP contribution in [0.25, 0.3) is 0 Å². The molecule has 0 unspecified atom stereocenters. The van der Waals surface area contributed by atoms with Gasteiger partial charge >= 0.3 is 0 Å². The molecule has 0 saturated carbocycles. The van der Waals surface area contributed by atoms with Crippen molar-refractivity contribution in [2.24, 2.45) is 5.73 Å². The normalized spacial score (nSPS) is 11.2. The zero-order chi connectivity index (χ0) is 21.6. The Hall–Kier alpha value is -3.95. The molecule has 1 atom stereocenters. The SMILES string of the molecule is COc1ccc([N+](=O)[O-])cc1C[C@H](NC(=O)c1cccc(NC(C)=O)c1)C(N)=O. The molecule has 0 heterocycles. The van der Waals surface area contributed by atoms with E-state index in [4.69, 9.17) is 10.5 Å². The highest BCUT2D eigenvalue weighted by Gasteiger charge is 2.23. The summed E-state index contributed by atoms with van der Waals surface area (Å²) in [5.74, 6) is -1.38. The minimum absolute atomic E-state index is 0.0999. The lowest BCUT2D eigenvalue weighted by Crippen LogP contribution is -2.45. The Morgan fingerprint density at radius 1 is 1.21 bits per heavy atom. The van der Waals surface area contributed by atoms with Gasteiger partial charge in [0.25, 0.3) is 11.6 Å². The van der Waals surface area contributed by atoms with Crippen molar-refractivity contribution in [3.8, 4) is 5.75 Å². The largest absolute Gasteiger partial charge is 0.496 e. The van der Waals surface area contributed by atoms with E-state index < -0.39 is 22.8 Å². The summed E-state index contributed by atoms with van der Waals surface area (Å²) in [5.41, 5.74) is 6.19. The van der Waals surface area contributed by atoms with Crippen molar-refractivity contribution in [2.75, 3.05) is 12.4 Å². The van der Waals surface area contributed by atoms with E-state index in [-0.39, 0.29) is 23.6 Å². The van der Waals surface area contributed by atoms with Crippen LogP contribution in [0, 0.1) is 10.1 Å². The second-order valence-corrected chi connectivity index (χ2v) is 6.15. The van der Waals surface area contributed by atoms with Crippen LogP contribution in [0.15, 0.2) is 42.5 Å². The van der Waals surface area contributed by atoms with Crippen molar-refractivity contribution in [2.45, 2.75) is 19.4 Å². The molecule has 2 rings (SSSR count). The standard InChI is InChI=1S/C19H20N4O6/c1-11(24)21-14-5-3-4-12(8-14)19(26)22-16(18(20)25)10-13-9-15(23(27)28)6-7-17(13)29-2/h3-9,16H,10H2,1-2H3,(H2,20,25)(H,21,24)(H,22,26)/t16-/m0/s1. The first kappa shape index (κ1) is 21.4. The van der Waals surface area contributed by atoms with Gasteiger partial charge in [-0.25, -0.2) is 0 Å². The van der Waals surface area contributed by atoms with Gasteiger partial charge in [0.1, 0.15) is 11.8 Å². The fourth-order valence-corrected chi connectivity index (χ4v) is 2.66. The highest BCUT2D eigenvalue weighted by atomic mass is 16.6. The van der Waals surface area contributed by atoms with Gasteiger partial charge < -0.3 is 21.1 Å². The summed E-state index contributed by atoms with van der Waals surface area (Å²) in [6, 6.07) is 8.94. The van der Waals surface area contributed by atoms with Gasteiger partial charge in [0.15, 0.2) is 0 Å². The van der Waals surface area contributed by atoms with Gasteiger partial charge in [-0.2, -0.15) is 0 Å². The van der Waals surface area contributed by atoms with E-state index in [1.807, 2.05) is 0 Å². The van der Waals surface area contributed by atoms with Crippen LogP contribution in [0.5, 0.6) is 5.75 Å². The minimum Gasteiger partial charge on any atom is -0.496 e. The molecule has 0 aliphatic heterocycles. The molecule has 152 valence electrons. The molecule has 4 N–H and O–H groups in total. The predicted octanol–water partition coefficient (Wildman–Crippen LogP) is 1.39. The molecule has 0 aromatic heterocycles. The summed E-state index contributed by atoms with van der Waals surface area (Å²) in [4.78, 5) is 46.0. The lowest BCUT2D eigenvalue weighted by Gasteiger charge is -2.17. The lowest BCUT2D eigenvalue weighted by atomic mass is 10.0. The first-order chi connectivity index (χ1) is 13.7. The topological polar surface area (TPSA) is 154 Å². The Bertz CT molecular complexity index is 959. The highest BCUT2D eigenvalue weighted by Crippen LogP contribution is 2.25. The number of non-ortho nitro benzene ring substituents is 1. The number of hydrogen-bond acceptors (Lipinski definition) is 6. The Morgan fingerprint density at radius 2 is 1.93 bits per heavy atom. The first-order valence-electron chi connectivity index (χ1n) is 8.50. The number of nitrogens with zero attached hydrogens (tertiary/aromatic N) is 1. The number of nitro groups is 1. The van der Waals surface area contributed by atoms with Gasteiger partial charge in [0.05, 0.1) is 12.0 Å². The minimum atomic E-state index is -1.14. The van der Waals surface area contributed by atoms with Crippen molar-refractivity contribution in [1.82, 2.24) is 5.32 Å². The molecule has 29 heavy (non-hydrogen) atoms. The zero-order valence-corrected chi connectivity index (χ0v) is 15.8. The average Bonchev–Trinajstić information content (AvgIpc) is 2.66. The van der Waals surface area contributed by atoms with E-state index in [0.29, 0.717) is 17.0 Å². The van der Waals surface area contributed by atoms with Crippen LogP contribution < -0.4 is 21.1 Å². The van der Waals surface area contributed by atoms with Crippen molar-refractivity contribution in [1.29, 1.82) is 0 Å². The molecule has 10 nitrogen and oxygen atoms in total. The summed E-state index contributed by atoms with van der Waals surface area (Å²) in [6.45, 7) is 1.34. The molecule has 0 aliphatic rings. The van der Waals surface area contributed by atoms with Gasteiger partial charge in [-0.1, -0.05) is 6.07 Å². The molecule has 10 heteroatoms. The molecule has 0 aliphatic carbocycles. The first-order valence-corrected chi connectivity index (χ1v) is 8.50. The van der Waals surface area contributed by atoms with Crippen molar-refractivity contribution >= 4 is 29.1 Å². The van der Waals surface area contributed by atoms with Crippen LogP contribution in [-0.4, -0.2) is 35.8 Å². The third-order valence-electron chi connectivity index (χ3n) is 3.99. The number of anilines is 1. The van der Waals surface area contributed by atoms with E-state index in [2.05, 4.69) is 10.6 Å². The maximum absolute atomic E-state index is 12.5. The van der Waals surface area contributed by atoms with Crippen LogP contribution in [0.3, 0.4) is 0 Å². The number of methoxy groups -OCH3 is 1. The number of rotatable bonds is 8. The maximum Gasteiger partial charge on any atom is 0.269 e. The predicted molar refractivity (Wildman–Crippen MR) is 105 cm³/mol. The van der Waals surface area contributed by atoms with Gasteiger partial charge in [-0.05, 0) is 24.3 Å². The monoisotopic (exact) mass is 400 g/mol. The summed E-state index contributed by atoms with van der Waals surface area (Å²) in [7, 11) is 1.38. The van der Waals surface area contributed by atoms with E-state index in [1.165, 1.54) is 44.4 Å². The van der Waals surface area contributed by atoms with Crippen molar-refractivity contribution < 1.29 is 24.0 Å². The number of nitro benzene ring substituents is 1. The Balaban J connectivity index is 2.24. The number of amides is 3. The smallest absolute Gasteiger partial charge is 0.269 e. The van der Waals surface area contributed by atoms with E-state index >= 15 is 0 Å². The molecule has 2 aromatic rings. The van der Waals surface area contributed by atoms with Gasteiger partial charge in [0, 0.05) is 42.3 Å². The van der Waals surface area contributed by atoms with Crippen molar-refractivity contribution in [3.63, 3.8) is 0 Å². The Labute approximate surface area is 166 Å². The van der Waals surface area contributed by atoms with E-state index in [9.17, 15) is 24.5 Å². The molecular formula is C19H20N4O6. The quantitative estimate of drug-likeness (QED) is 0.449. The number of primary amides is 1. The molecule has 3 amide bonds. The van der Waals surface area contributed by atoms with Crippen LogP contribution in [0.4, 0.5) is 11.4 Å². The average molecular weight is 400 g/mol. The number of nitrogens with one attached hydrogen (secondary N) is 2. The molecule has 0 radical (unpaired) electrons. The number of hydrogen-bond donors (Lipinski definition) is 3. The molecular weight excluding hydrogens is 380 g/mol. The summed E-state index contributed by atoms with van der Waals surface area (Å²) in [5, 5.41) is 16.1. The molecule has 0 fully saturated rings. The van der Waals surface area contributed by atoms with Crippen LogP contribution >= 0.6 is 0 Å². The highest BCUT2D eigenvalue weighted by molar-refractivity contribution is 5.99. The number of carbonyl (C=O) groups excluding carboxylic acids is 3. The number of ether oxygens (including phenoxy) is 1. The maximum atomic E-state index is 12.5. The van der Waals surface area contributed by atoms with E-state index in [0.717, 1.165) is 0 Å². The van der Waals surface area contributed by atoms with Gasteiger partial charge in [-0.15, -0.1) is 0 Å². The number of nitrogens with two attached hydrogens (primary N) is 1. The molecule has 2 aromatic carbocycles. The van der Waals surface area contributed by atoms with Crippen molar-refractivity contribution in [3.05, 3.63) is 63.7 Å². The third-order valence-corrected chi connectivity index (χ3v) is 3.99. The van der Waals surface area contributed by atoms with Gasteiger partial charge in [0.2, 0.25) is 11.8 Å². The van der Waals surface area contributed by atoms with E-state index in [1.54, 1.807) is 12.1 Å². The van der Waals surface area contributed by atoms with Crippen LogP contribution in [-0.2, 0) is 16.0 Å². The van der Waals surface area contributed by atoms with Crippen LogP contribution in [0.1, 0.15) is 22.8 Å². The number of carbonyl (C=O) groups is 3. The van der Waals surface area contributed by atoms with Crippen LogP contribution in [0.2, 0.25) is 0 Å². The van der Waals surface area contributed by atoms with Gasteiger partial charge in [-0.3, -0.25) is 24.5 Å². The Kier molecular flexibility index (Phi) is 6.85.